The maximum Gasteiger partial charge on any atom is 0.275 e. The average Bonchev–Trinajstić information content (AvgIpc) is 2.95. The second-order valence-electron chi connectivity index (χ2n) is 5.28. The van der Waals surface area contributed by atoms with Gasteiger partial charge in [-0.25, -0.2) is 9.98 Å². The fraction of sp³-hybridized carbons (Fsp3) is 0.267. The van der Waals surface area contributed by atoms with Crippen LogP contribution in [-0.4, -0.2) is 21.7 Å². The van der Waals surface area contributed by atoms with Crippen molar-refractivity contribution in [3.8, 4) is 0 Å². The Kier molecular flexibility index (Phi) is 3.10. The number of rotatable bonds is 3. The highest BCUT2D eigenvalue weighted by Gasteiger charge is 2.20. The molecule has 0 unspecified atom stereocenters. The highest BCUT2D eigenvalue weighted by Crippen LogP contribution is 2.21. The minimum atomic E-state index is -0.140. The minimum absolute atomic E-state index is 0.140. The number of fused-ring (bicyclic) bond motifs is 1. The zero-order valence-electron chi connectivity index (χ0n) is 11.5. The molecule has 0 bridgehead atoms. The fourth-order valence-corrected chi connectivity index (χ4v) is 2.24. The molecule has 3 heterocycles. The average molecular weight is 268 g/mol. The zero-order valence-corrected chi connectivity index (χ0v) is 11.5. The largest absolute Gasteiger partial charge is 0.346 e. The Morgan fingerprint density at radius 1 is 1.40 bits per heavy atom. The maximum absolute atomic E-state index is 11.9. The zero-order chi connectivity index (χ0) is 14.1. The van der Waals surface area contributed by atoms with E-state index in [1.54, 1.807) is 12.3 Å². The van der Waals surface area contributed by atoms with Crippen LogP contribution in [-0.2, 0) is 4.79 Å². The number of amidine groups is 1. The van der Waals surface area contributed by atoms with Crippen LogP contribution in [0.15, 0.2) is 35.2 Å². The highest BCUT2D eigenvalue weighted by molar-refractivity contribution is 6.14. The Labute approximate surface area is 116 Å². The van der Waals surface area contributed by atoms with Gasteiger partial charge in [-0.1, -0.05) is 13.8 Å². The predicted octanol–water partition coefficient (Wildman–Crippen LogP) is 2.48. The van der Waals surface area contributed by atoms with Gasteiger partial charge in [-0.05, 0) is 24.1 Å². The van der Waals surface area contributed by atoms with Crippen molar-refractivity contribution in [2.24, 2.45) is 10.9 Å². The van der Waals surface area contributed by atoms with Gasteiger partial charge < -0.3 is 10.3 Å². The van der Waals surface area contributed by atoms with Crippen LogP contribution in [0.3, 0.4) is 0 Å². The van der Waals surface area contributed by atoms with E-state index in [-0.39, 0.29) is 5.91 Å². The quantitative estimate of drug-likeness (QED) is 0.839. The van der Waals surface area contributed by atoms with Crippen LogP contribution in [0.25, 0.3) is 17.1 Å². The molecule has 20 heavy (non-hydrogen) atoms. The molecule has 0 aromatic carbocycles. The summed E-state index contributed by atoms with van der Waals surface area (Å²) in [6.45, 7) is 4.20. The number of aromatic amines is 1. The van der Waals surface area contributed by atoms with E-state index in [0.29, 0.717) is 11.6 Å². The minimum Gasteiger partial charge on any atom is -0.346 e. The summed E-state index contributed by atoms with van der Waals surface area (Å²) >= 11 is 0. The number of carbonyl (C=O) groups is 1. The molecule has 0 spiro atoms. The van der Waals surface area contributed by atoms with E-state index in [0.717, 1.165) is 28.9 Å². The standard InChI is InChI=1S/C15H16N4O/c1-9(2)6-13-18-12(15(20)19-13)7-10-8-17-14-11(10)4-3-5-16-14/h3-5,7-9H,6H2,1-2H3,(H,16,17)(H,18,19,20). The molecular weight excluding hydrogens is 252 g/mol. The van der Waals surface area contributed by atoms with Crippen molar-refractivity contribution < 1.29 is 4.79 Å². The number of hydrogen-bond acceptors (Lipinski definition) is 3. The van der Waals surface area contributed by atoms with Gasteiger partial charge in [-0.15, -0.1) is 0 Å². The van der Waals surface area contributed by atoms with E-state index in [2.05, 4.69) is 34.1 Å². The van der Waals surface area contributed by atoms with Gasteiger partial charge in [0.1, 0.15) is 17.2 Å². The molecule has 1 aliphatic heterocycles. The summed E-state index contributed by atoms with van der Waals surface area (Å²) < 4.78 is 0. The summed E-state index contributed by atoms with van der Waals surface area (Å²) in [5.41, 5.74) is 2.18. The van der Waals surface area contributed by atoms with Crippen LogP contribution in [0.1, 0.15) is 25.8 Å². The van der Waals surface area contributed by atoms with E-state index in [9.17, 15) is 4.79 Å². The van der Waals surface area contributed by atoms with Gasteiger partial charge >= 0.3 is 0 Å². The van der Waals surface area contributed by atoms with Gasteiger partial charge in [0.05, 0.1) is 0 Å². The molecule has 0 saturated carbocycles. The Hall–Kier alpha value is -2.43. The van der Waals surface area contributed by atoms with Gasteiger partial charge in [-0.3, -0.25) is 4.79 Å². The summed E-state index contributed by atoms with van der Waals surface area (Å²) in [5, 5.41) is 3.80. The molecule has 0 fully saturated rings. The number of nitrogens with zero attached hydrogens (tertiary/aromatic N) is 2. The Morgan fingerprint density at radius 3 is 3.05 bits per heavy atom. The predicted molar refractivity (Wildman–Crippen MR) is 79.1 cm³/mol. The Balaban J connectivity index is 1.95. The molecule has 3 rings (SSSR count). The molecule has 1 aliphatic rings. The Morgan fingerprint density at radius 2 is 2.25 bits per heavy atom. The smallest absolute Gasteiger partial charge is 0.275 e. The highest BCUT2D eigenvalue weighted by atomic mass is 16.2. The van der Waals surface area contributed by atoms with Gasteiger partial charge in [0, 0.05) is 29.8 Å². The number of hydrogen-bond donors (Lipinski definition) is 2. The van der Waals surface area contributed by atoms with E-state index in [4.69, 9.17) is 0 Å². The Bertz CT molecular complexity index is 724. The molecule has 102 valence electrons. The first kappa shape index (κ1) is 12.6. The monoisotopic (exact) mass is 268 g/mol. The van der Waals surface area contributed by atoms with Crippen LogP contribution >= 0.6 is 0 Å². The van der Waals surface area contributed by atoms with Crippen molar-refractivity contribution in [2.45, 2.75) is 20.3 Å². The molecule has 5 nitrogen and oxygen atoms in total. The van der Waals surface area contributed by atoms with Gasteiger partial charge in [0.2, 0.25) is 0 Å². The first-order chi connectivity index (χ1) is 9.63. The van der Waals surface area contributed by atoms with Crippen LogP contribution < -0.4 is 5.32 Å². The van der Waals surface area contributed by atoms with Crippen LogP contribution in [0.2, 0.25) is 0 Å². The van der Waals surface area contributed by atoms with Gasteiger partial charge in [0.15, 0.2) is 0 Å². The van der Waals surface area contributed by atoms with Crippen LogP contribution in [0.5, 0.6) is 0 Å². The van der Waals surface area contributed by atoms with Crippen molar-refractivity contribution in [2.75, 3.05) is 0 Å². The lowest BCUT2D eigenvalue weighted by Gasteiger charge is -2.02. The number of aliphatic imine (C=N–C) groups is 1. The molecule has 0 saturated heterocycles. The van der Waals surface area contributed by atoms with E-state index >= 15 is 0 Å². The number of pyridine rings is 1. The van der Waals surface area contributed by atoms with Crippen molar-refractivity contribution in [3.05, 3.63) is 35.8 Å². The summed E-state index contributed by atoms with van der Waals surface area (Å²) in [6.07, 6.45) is 6.15. The second kappa shape index (κ2) is 4.92. The van der Waals surface area contributed by atoms with Crippen molar-refractivity contribution in [1.29, 1.82) is 0 Å². The SMILES string of the molecule is CC(C)CC1=NC(=Cc2c[nH]c3ncccc23)C(=O)N1. The lowest BCUT2D eigenvalue weighted by molar-refractivity contribution is -0.115. The molecular formula is C15H16N4O. The number of nitrogens with one attached hydrogen (secondary N) is 2. The van der Waals surface area contributed by atoms with Crippen LogP contribution in [0, 0.1) is 5.92 Å². The van der Waals surface area contributed by atoms with Crippen molar-refractivity contribution >= 4 is 28.9 Å². The molecule has 0 atom stereocenters. The number of aromatic nitrogens is 2. The summed E-state index contributed by atoms with van der Waals surface area (Å²) in [6, 6.07) is 3.84. The molecule has 5 heteroatoms. The normalized spacial score (nSPS) is 17.1. The van der Waals surface area contributed by atoms with Gasteiger partial charge in [-0.2, -0.15) is 0 Å². The lowest BCUT2D eigenvalue weighted by atomic mass is 10.1. The first-order valence-electron chi connectivity index (χ1n) is 6.66. The summed E-state index contributed by atoms with van der Waals surface area (Å²) in [4.78, 5) is 23.6. The van der Waals surface area contributed by atoms with Crippen molar-refractivity contribution in [1.82, 2.24) is 15.3 Å². The molecule has 0 aliphatic carbocycles. The van der Waals surface area contributed by atoms with Crippen molar-refractivity contribution in [3.63, 3.8) is 0 Å². The molecule has 2 N–H and O–H groups in total. The summed E-state index contributed by atoms with van der Waals surface area (Å²) in [5.74, 6) is 1.07. The number of amides is 1. The van der Waals surface area contributed by atoms with Gasteiger partial charge in [0.25, 0.3) is 5.91 Å². The van der Waals surface area contributed by atoms with E-state index in [1.807, 2.05) is 18.3 Å². The third kappa shape index (κ3) is 2.34. The topological polar surface area (TPSA) is 70.1 Å². The molecule has 2 aromatic heterocycles. The third-order valence-electron chi connectivity index (χ3n) is 3.12. The lowest BCUT2D eigenvalue weighted by Crippen LogP contribution is -2.24. The maximum atomic E-state index is 11.9. The molecule has 2 aromatic rings. The molecule has 0 radical (unpaired) electrons. The number of carbonyl (C=O) groups excluding carboxylic acids is 1. The second-order valence-corrected chi connectivity index (χ2v) is 5.28. The van der Waals surface area contributed by atoms with E-state index in [1.165, 1.54) is 0 Å². The third-order valence-corrected chi connectivity index (χ3v) is 3.12. The number of H-pyrrole nitrogens is 1. The fourth-order valence-electron chi connectivity index (χ4n) is 2.24. The van der Waals surface area contributed by atoms with E-state index < -0.39 is 0 Å². The first-order valence-corrected chi connectivity index (χ1v) is 6.66. The summed E-state index contributed by atoms with van der Waals surface area (Å²) in [7, 11) is 0. The molecule has 1 amide bonds. The van der Waals surface area contributed by atoms with Crippen LogP contribution in [0.4, 0.5) is 0 Å².